The van der Waals surface area contributed by atoms with Crippen molar-refractivity contribution in [3.8, 4) is 0 Å². The molecule has 0 bridgehead atoms. The molecule has 4 N–H and O–H groups in total. The molecule has 3 amide bonds. The van der Waals surface area contributed by atoms with Crippen molar-refractivity contribution in [3.63, 3.8) is 0 Å². The number of carbonyl (C=O) groups excluding carboxylic acids is 4. The van der Waals surface area contributed by atoms with Crippen LogP contribution in [0.4, 0.5) is 0 Å². The number of aromatic amines is 1. The van der Waals surface area contributed by atoms with Crippen molar-refractivity contribution < 1.29 is 28.7 Å². The van der Waals surface area contributed by atoms with E-state index in [0.29, 0.717) is 45.2 Å². The van der Waals surface area contributed by atoms with E-state index in [2.05, 4.69) is 20.9 Å². The maximum Gasteiger partial charge on any atom is 0.243 e. The molecule has 0 spiro atoms. The van der Waals surface area contributed by atoms with E-state index >= 15 is 0 Å². The Morgan fingerprint density at radius 1 is 1.02 bits per heavy atom. The van der Waals surface area contributed by atoms with Crippen molar-refractivity contribution in [3.05, 3.63) is 36.0 Å². The summed E-state index contributed by atoms with van der Waals surface area (Å²) in [5, 5.41) is 9.56. The van der Waals surface area contributed by atoms with E-state index in [1.165, 1.54) is 0 Å². The van der Waals surface area contributed by atoms with Gasteiger partial charge in [-0.15, -0.1) is 0 Å². The normalized spacial score (nSPS) is 23.2. The first-order valence-electron chi connectivity index (χ1n) is 15.2. The van der Waals surface area contributed by atoms with Gasteiger partial charge in [0.1, 0.15) is 17.7 Å². The lowest BCUT2D eigenvalue weighted by molar-refractivity contribution is -0.134. The van der Waals surface area contributed by atoms with Gasteiger partial charge in [0.2, 0.25) is 17.7 Å². The lowest BCUT2D eigenvalue weighted by Gasteiger charge is -2.27. The van der Waals surface area contributed by atoms with Gasteiger partial charge < -0.3 is 30.4 Å². The third-order valence-electron chi connectivity index (χ3n) is 8.75. The Bertz CT molecular complexity index is 1280. The number of carbonyl (C=O) groups is 4. The highest BCUT2D eigenvalue weighted by molar-refractivity contribution is 5.98. The van der Waals surface area contributed by atoms with Crippen molar-refractivity contribution >= 4 is 34.4 Å². The molecule has 228 valence electrons. The maximum absolute atomic E-state index is 13.8. The van der Waals surface area contributed by atoms with E-state index in [4.69, 9.17) is 9.47 Å². The second-order valence-corrected chi connectivity index (χ2v) is 12.1. The Hall–Kier alpha value is -3.28. The molecule has 1 saturated carbocycles. The van der Waals surface area contributed by atoms with Crippen molar-refractivity contribution in [2.24, 2.45) is 5.92 Å². The number of H-pyrrole nitrogens is 1. The van der Waals surface area contributed by atoms with Gasteiger partial charge in [0.05, 0.1) is 32.4 Å². The van der Waals surface area contributed by atoms with Crippen LogP contribution in [0, 0.1) is 5.92 Å². The van der Waals surface area contributed by atoms with Gasteiger partial charge in [-0.05, 0) is 37.8 Å². The molecular weight excluding hydrogens is 538 g/mol. The highest BCUT2D eigenvalue weighted by Gasteiger charge is 2.50. The first-order valence-corrected chi connectivity index (χ1v) is 15.2. The monoisotopic (exact) mass is 581 g/mol. The molecule has 42 heavy (non-hydrogen) atoms. The average molecular weight is 582 g/mol. The number of nitrogens with one attached hydrogen (secondary N) is 4. The number of ether oxygens (including phenoxy) is 2. The highest BCUT2D eigenvalue weighted by atomic mass is 16.6. The number of benzene rings is 1. The van der Waals surface area contributed by atoms with Crippen LogP contribution in [0.1, 0.15) is 51.5 Å². The zero-order valence-electron chi connectivity index (χ0n) is 24.6. The van der Waals surface area contributed by atoms with E-state index in [1.54, 1.807) is 13.8 Å². The molecule has 2 aliphatic heterocycles. The van der Waals surface area contributed by atoms with Crippen molar-refractivity contribution in [2.75, 3.05) is 39.5 Å². The first kappa shape index (κ1) is 30.2. The lowest BCUT2D eigenvalue weighted by atomic mass is 9.90. The third kappa shape index (κ3) is 7.56. The van der Waals surface area contributed by atoms with Crippen LogP contribution in [0.2, 0.25) is 0 Å². The minimum Gasteiger partial charge on any atom is -0.379 e. The SMILES string of the molecule is C[C@H](NC(=O)CN1CCOCC1)C(=O)N[C@@H](Cc1c[nH]c2ccccc12)C(=O)N[C@@H](CC1CCCC1)C(=O)[C@@]1(C)CO1. The summed E-state index contributed by atoms with van der Waals surface area (Å²) >= 11 is 0. The summed E-state index contributed by atoms with van der Waals surface area (Å²) in [7, 11) is 0. The zero-order valence-corrected chi connectivity index (χ0v) is 24.6. The van der Waals surface area contributed by atoms with E-state index in [9.17, 15) is 19.2 Å². The average Bonchev–Trinajstić information content (AvgIpc) is 3.33. The molecule has 4 atom stereocenters. The molecule has 3 fully saturated rings. The first-order chi connectivity index (χ1) is 20.2. The van der Waals surface area contributed by atoms with Crippen LogP contribution in [0.5, 0.6) is 0 Å². The molecule has 3 aliphatic rings. The fourth-order valence-electron chi connectivity index (χ4n) is 6.04. The number of epoxide rings is 1. The zero-order chi connectivity index (χ0) is 29.7. The number of ketones is 1. The van der Waals surface area contributed by atoms with Gasteiger partial charge in [-0.25, -0.2) is 0 Å². The summed E-state index contributed by atoms with van der Waals surface area (Å²) in [6.07, 6.45) is 6.94. The van der Waals surface area contributed by atoms with Crippen molar-refractivity contribution in [1.29, 1.82) is 0 Å². The summed E-state index contributed by atoms with van der Waals surface area (Å²) in [5.74, 6) is -0.923. The van der Waals surface area contributed by atoms with E-state index in [1.807, 2.05) is 35.4 Å². The van der Waals surface area contributed by atoms with Gasteiger partial charge in [0.15, 0.2) is 5.78 Å². The summed E-state index contributed by atoms with van der Waals surface area (Å²) in [4.78, 5) is 58.4. The van der Waals surface area contributed by atoms with Crippen molar-refractivity contribution in [1.82, 2.24) is 25.8 Å². The minimum atomic E-state index is -0.956. The minimum absolute atomic E-state index is 0.122. The molecule has 2 aromatic rings. The van der Waals surface area contributed by atoms with Crippen LogP contribution in [0.25, 0.3) is 10.9 Å². The maximum atomic E-state index is 13.8. The van der Waals surface area contributed by atoms with Gasteiger partial charge in [-0.2, -0.15) is 0 Å². The third-order valence-corrected chi connectivity index (χ3v) is 8.75. The Labute approximate surface area is 246 Å². The number of fused-ring (bicyclic) bond motifs is 1. The predicted octanol–water partition coefficient (Wildman–Crippen LogP) is 1.46. The smallest absolute Gasteiger partial charge is 0.243 e. The van der Waals surface area contributed by atoms with Crippen LogP contribution in [0.15, 0.2) is 30.5 Å². The summed E-state index contributed by atoms with van der Waals surface area (Å²) in [6.45, 7) is 6.34. The molecule has 3 heterocycles. The molecule has 0 unspecified atom stereocenters. The standard InChI is InChI=1S/C31H43N5O6/c1-20(33-27(37)18-36-11-13-41-14-12-36)29(39)35-26(16-22-17-32-24-10-6-5-9-23(22)24)30(40)34-25(15-21-7-3-4-8-21)28(38)31(2)19-42-31/h5-6,9-10,17,20-21,25-26,32H,3-4,7-8,11-16,18-19H2,1-2H3,(H,33,37)(H,34,40)(H,35,39)/t20-,25-,26-,31+/m0/s1. The van der Waals surface area contributed by atoms with Gasteiger partial charge >= 0.3 is 0 Å². The highest BCUT2D eigenvalue weighted by Crippen LogP contribution is 2.33. The number of morpholine rings is 1. The number of aromatic nitrogens is 1. The van der Waals surface area contributed by atoms with Gasteiger partial charge in [-0.1, -0.05) is 43.9 Å². The molecule has 0 radical (unpaired) electrons. The predicted molar refractivity (Wildman–Crippen MR) is 157 cm³/mol. The fraction of sp³-hybridized carbons (Fsp3) is 0.613. The van der Waals surface area contributed by atoms with E-state index in [0.717, 1.165) is 42.1 Å². The number of para-hydroxylation sites is 1. The van der Waals surface area contributed by atoms with E-state index in [-0.39, 0.29) is 24.7 Å². The number of hydrogen-bond donors (Lipinski definition) is 4. The van der Waals surface area contributed by atoms with Gasteiger partial charge in [-0.3, -0.25) is 24.1 Å². The summed E-state index contributed by atoms with van der Waals surface area (Å²) in [6, 6.07) is 5.26. The molecule has 11 heteroatoms. The molecular formula is C31H43N5O6. The topological polar surface area (TPSA) is 145 Å². The van der Waals surface area contributed by atoms with Gasteiger partial charge in [0, 0.05) is 36.6 Å². The number of hydrogen-bond acceptors (Lipinski definition) is 7. The number of rotatable bonds is 13. The van der Waals surface area contributed by atoms with Crippen LogP contribution >= 0.6 is 0 Å². The second-order valence-electron chi connectivity index (χ2n) is 12.1. The van der Waals surface area contributed by atoms with Crippen LogP contribution in [-0.4, -0.2) is 96.6 Å². The quantitative estimate of drug-likeness (QED) is 0.262. The van der Waals surface area contributed by atoms with Crippen LogP contribution in [-0.2, 0) is 35.1 Å². The Morgan fingerprint density at radius 2 is 1.71 bits per heavy atom. The Morgan fingerprint density at radius 3 is 2.43 bits per heavy atom. The fourth-order valence-corrected chi connectivity index (χ4v) is 6.04. The van der Waals surface area contributed by atoms with E-state index < -0.39 is 35.5 Å². The molecule has 1 aromatic heterocycles. The summed E-state index contributed by atoms with van der Waals surface area (Å²) in [5.41, 5.74) is 0.923. The molecule has 1 aliphatic carbocycles. The van der Waals surface area contributed by atoms with Gasteiger partial charge in [0.25, 0.3) is 0 Å². The summed E-state index contributed by atoms with van der Waals surface area (Å²) < 4.78 is 10.8. The largest absolute Gasteiger partial charge is 0.379 e. The Kier molecular flexibility index (Phi) is 9.60. The van der Waals surface area contributed by atoms with Crippen LogP contribution < -0.4 is 16.0 Å². The second kappa shape index (κ2) is 13.4. The molecule has 2 saturated heterocycles. The van der Waals surface area contributed by atoms with Crippen molar-refractivity contribution in [2.45, 2.75) is 76.1 Å². The number of amides is 3. The molecule has 11 nitrogen and oxygen atoms in total. The Balaban J connectivity index is 1.29. The number of nitrogens with zero attached hydrogens (tertiary/aromatic N) is 1. The van der Waals surface area contributed by atoms with Crippen LogP contribution in [0.3, 0.4) is 0 Å². The molecule has 5 rings (SSSR count). The number of Topliss-reactive ketones (excluding diaryl/α,β-unsaturated/α-hetero) is 1. The molecule has 1 aromatic carbocycles. The lowest BCUT2D eigenvalue weighted by Crippen LogP contribution is -2.57.